The van der Waals surface area contributed by atoms with Crippen molar-refractivity contribution in [1.82, 2.24) is 15.4 Å². The minimum atomic E-state index is 0. The van der Waals surface area contributed by atoms with Gasteiger partial charge in [-0.2, -0.15) is 4.59 Å². The zero-order valence-corrected chi connectivity index (χ0v) is 18.5. The van der Waals surface area contributed by atoms with Gasteiger partial charge in [-0.25, -0.2) is 10.4 Å². The Morgan fingerprint density at radius 2 is 1.12 bits per heavy atom. The zero-order chi connectivity index (χ0) is 18.4. The number of hydrogen-bond donors (Lipinski definition) is 2. The van der Waals surface area contributed by atoms with Gasteiger partial charge in [0, 0.05) is 26.2 Å². The molecular formula is C19H44ClN5. The molecule has 0 amide bonds. The molecule has 6 heteroatoms. The summed E-state index contributed by atoms with van der Waals surface area (Å²) in [6, 6.07) is 0. The molecule has 25 heavy (non-hydrogen) atoms. The van der Waals surface area contributed by atoms with Crippen LogP contribution in [0.3, 0.4) is 0 Å². The summed E-state index contributed by atoms with van der Waals surface area (Å²) in [4.78, 5) is 0. The highest BCUT2D eigenvalue weighted by Crippen LogP contribution is 2.11. The Morgan fingerprint density at radius 1 is 0.760 bits per heavy atom. The number of hydrogen-bond acceptors (Lipinski definition) is 3. The van der Waals surface area contributed by atoms with Crippen molar-refractivity contribution in [2.24, 2.45) is 0 Å². The van der Waals surface area contributed by atoms with Crippen LogP contribution < -0.4 is 17.8 Å². The van der Waals surface area contributed by atoms with Gasteiger partial charge >= 0.3 is 5.96 Å². The molecule has 0 spiro atoms. The van der Waals surface area contributed by atoms with Crippen LogP contribution in [0.25, 0.3) is 0 Å². The Kier molecular flexibility index (Phi) is 17.0. The summed E-state index contributed by atoms with van der Waals surface area (Å²) >= 11 is 0. The van der Waals surface area contributed by atoms with Crippen LogP contribution in [0.4, 0.5) is 0 Å². The van der Waals surface area contributed by atoms with Crippen molar-refractivity contribution < 1.29 is 17.0 Å². The molecule has 0 aromatic rings. The third-order valence-corrected chi connectivity index (χ3v) is 4.62. The lowest BCUT2D eigenvalue weighted by atomic mass is 10.3. The molecule has 0 unspecified atom stereocenters. The van der Waals surface area contributed by atoms with E-state index in [4.69, 9.17) is 5.41 Å². The lowest BCUT2D eigenvalue weighted by Gasteiger charge is -2.40. The van der Waals surface area contributed by atoms with Gasteiger partial charge in [-0.05, 0) is 25.7 Å². The average molecular weight is 378 g/mol. The molecule has 0 aliphatic heterocycles. The Labute approximate surface area is 163 Å². The maximum Gasteiger partial charge on any atom is 0.329 e. The maximum atomic E-state index is 8.67. The molecule has 0 heterocycles. The van der Waals surface area contributed by atoms with Crippen LogP contribution >= 0.6 is 0 Å². The number of rotatable bonds is 14. The standard InChI is InChI=1S/C19H44N5.ClH/c1-7-11-15-22(16-12-8-2)21-19(20)24(5,6)23(17-13-9-3)18-14-10-4;/h7-18H2,1-6H3,(H2,20,21);1H/q+1;/p-1. The smallest absolute Gasteiger partial charge is 0.329 e. The van der Waals surface area contributed by atoms with E-state index in [2.05, 4.69) is 57.2 Å². The first-order valence-electron chi connectivity index (χ1n) is 10.1. The molecule has 0 fully saturated rings. The molecule has 2 N–H and O–H groups in total. The number of nitrogens with zero attached hydrogens (tertiary/aromatic N) is 3. The van der Waals surface area contributed by atoms with E-state index in [0.717, 1.165) is 26.2 Å². The first-order valence-corrected chi connectivity index (χ1v) is 10.1. The Morgan fingerprint density at radius 3 is 1.48 bits per heavy atom. The SMILES string of the molecule is CCCCN(CCCC)NC(=N)[N+](C)(C)N(CCCC)CCCC.[Cl-]. The van der Waals surface area contributed by atoms with E-state index in [0.29, 0.717) is 10.6 Å². The molecule has 0 aliphatic rings. The van der Waals surface area contributed by atoms with Crippen molar-refractivity contribution >= 4 is 5.96 Å². The number of nitrogens with one attached hydrogen (secondary N) is 2. The van der Waals surface area contributed by atoms with Crippen LogP contribution in [0, 0.1) is 5.41 Å². The maximum absolute atomic E-state index is 8.67. The average Bonchev–Trinajstić information content (AvgIpc) is 2.56. The molecule has 0 atom stereocenters. The van der Waals surface area contributed by atoms with Crippen LogP contribution in [-0.4, -0.2) is 60.8 Å². The van der Waals surface area contributed by atoms with E-state index in [1.165, 1.54) is 51.4 Å². The molecular weight excluding hydrogens is 334 g/mol. The molecule has 0 aromatic carbocycles. The molecule has 152 valence electrons. The predicted octanol–water partition coefficient (Wildman–Crippen LogP) is 1.23. The minimum Gasteiger partial charge on any atom is -1.00 e. The highest BCUT2D eigenvalue weighted by atomic mass is 35.5. The van der Waals surface area contributed by atoms with Crippen molar-refractivity contribution in [3.05, 3.63) is 0 Å². The van der Waals surface area contributed by atoms with Gasteiger partial charge in [-0.3, -0.25) is 5.43 Å². The van der Waals surface area contributed by atoms with Crippen molar-refractivity contribution in [2.45, 2.75) is 79.1 Å². The van der Waals surface area contributed by atoms with Crippen LogP contribution in [-0.2, 0) is 0 Å². The first kappa shape index (κ1) is 26.9. The van der Waals surface area contributed by atoms with Crippen LogP contribution in [0.5, 0.6) is 0 Å². The highest BCUT2D eigenvalue weighted by Gasteiger charge is 2.32. The zero-order valence-electron chi connectivity index (χ0n) is 17.7. The summed E-state index contributed by atoms with van der Waals surface area (Å²) in [6.07, 6.45) is 9.50. The van der Waals surface area contributed by atoms with Gasteiger partial charge in [-0.15, -0.1) is 5.01 Å². The predicted molar refractivity (Wildman–Crippen MR) is 106 cm³/mol. The molecule has 0 aliphatic carbocycles. The number of quaternary nitrogens is 1. The number of unbranched alkanes of at least 4 members (excludes halogenated alkanes) is 4. The monoisotopic (exact) mass is 377 g/mol. The fraction of sp³-hybridized carbons (Fsp3) is 0.947. The molecule has 0 bridgehead atoms. The molecule has 0 saturated carbocycles. The van der Waals surface area contributed by atoms with Gasteiger partial charge in [-0.1, -0.05) is 53.4 Å². The highest BCUT2D eigenvalue weighted by molar-refractivity contribution is 5.68. The van der Waals surface area contributed by atoms with E-state index in [9.17, 15) is 0 Å². The van der Waals surface area contributed by atoms with E-state index in [1.54, 1.807) is 0 Å². The lowest BCUT2D eigenvalue weighted by molar-refractivity contribution is -0.928. The summed E-state index contributed by atoms with van der Waals surface area (Å²) in [5, 5.41) is 13.3. The van der Waals surface area contributed by atoms with Gasteiger partial charge in [0.25, 0.3) is 0 Å². The fourth-order valence-electron chi connectivity index (χ4n) is 2.63. The second-order valence-corrected chi connectivity index (χ2v) is 7.21. The van der Waals surface area contributed by atoms with E-state index in [1.807, 2.05) is 0 Å². The Balaban J connectivity index is 0. The topological polar surface area (TPSA) is 42.4 Å². The van der Waals surface area contributed by atoms with Crippen LogP contribution in [0.15, 0.2) is 0 Å². The van der Waals surface area contributed by atoms with Crippen molar-refractivity contribution in [2.75, 3.05) is 40.3 Å². The summed E-state index contributed by atoms with van der Waals surface area (Å²) in [6.45, 7) is 13.1. The number of halogens is 1. The molecule has 0 radical (unpaired) electrons. The molecule has 0 saturated heterocycles. The van der Waals surface area contributed by atoms with Gasteiger partial charge in [0.2, 0.25) is 0 Å². The lowest BCUT2D eigenvalue weighted by Crippen LogP contribution is -3.00. The van der Waals surface area contributed by atoms with Gasteiger partial charge in [0.1, 0.15) is 0 Å². The molecule has 5 nitrogen and oxygen atoms in total. The van der Waals surface area contributed by atoms with Gasteiger partial charge in [0.15, 0.2) is 0 Å². The summed E-state index contributed by atoms with van der Waals surface area (Å²) in [7, 11) is 4.27. The second-order valence-electron chi connectivity index (χ2n) is 7.21. The normalized spacial score (nSPS) is 11.7. The third kappa shape index (κ3) is 11.1. The van der Waals surface area contributed by atoms with Crippen LogP contribution in [0.1, 0.15) is 79.1 Å². The second kappa shape index (κ2) is 15.9. The van der Waals surface area contributed by atoms with Crippen molar-refractivity contribution in [1.29, 1.82) is 5.41 Å². The Bertz CT molecular complexity index is 307. The minimum absolute atomic E-state index is 0. The summed E-state index contributed by atoms with van der Waals surface area (Å²) in [5.74, 6) is 0.578. The Hall–Kier alpha value is -0.360. The van der Waals surface area contributed by atoms with E-state index >= 15 is 0 Å². The van der Waals surface area contributed by atoms with Gasteiger partial charge in [0.05, 0.1) is 14.1 Å². The molecule has 0 aromatic heterocycles. The largest absolute Gasteiger partial charge is 1.00 e. The van der Waals surface area contributed by atoms with Gasteiger partial charge < -0.3 is 12.4 Å². The van der Waals surface area contributed by atoms with E-state index in [-0.39, 0.29) is 12.4 Å². The van der Waals surface area contributed by atoms with Crippen molar-refractivity contribution in [3.8, 4) is 0 Å². The first-order chi connectivity index (χ1) is 11.4. The van der Waals surface area contributed by atoms with Crippen molar-refractivity contribution in [3.63, 3.8) is 0 Å². The summed E-state index contributed by atoms with van der Waals surface area (Å²) < 4.78 is 0.509. The number of guanidine groups is 1. The third-order valence-electron chi connectivity index (χ3n) is 4.62. The van der Waals surface area contributed by atoms with Crippen LogP contribution in [0.2, 0.25) is 0 Å². The fourth-order valence-corrected chi connectivity index (χ4v) is 2.63. The van der Waals surface area contributed by atoms with E-state index < -0.39 is 0 Å². The quantitative estimate of drug-likeness (QED) is 0.207. The number of hydrazine groups is 1. The molecule has 0 rings (SSSR count). The summed E-state index contributed by atoms with van der Waals surface area (Å²) in [5.41, 5.74) is 3.41.